The Labute approximate surface area is 143 Å². The number of halogens is 3. The summed E-state index contributed by atoms with van der Waals surface area (Å²) in [5, 5.41) is 6.25. The molecule has 2 N–H and O–H groups in total. The van der Waals surface area contributed by atoms with Crippen LogP contribution in [0.1, 0.15) is 19.4 Å². The zero-order valence-electron chi connectivity index (χ0n) is 13.6. The van der Waals surface area contributed by atoms with Gasteiger partial charge >= 0.3 is 6.18 Å². The molecular formula is C17H21F3N2OS. The fourth-order valence-electron chi connectivity index (χ4n) is 3.35. The summed E-state index contributed by atoms with van der Waals surface area (Å²) in [6.45, 7) is 5.48. The summed E-state index contributed by atoms with van der Waals surface area (Å²) in [5.74, 6) is 1.34. The van der Waals surface area contributed by atoms with Crippen molar-refractivity contribution in [3.63, 3.8) is 0 Å². The van der Waals surface area contributed by atoms with Crippen LogP contribution in [0.2, 0.25) is 0 Å². The highest BCUT2D eigenvalue weighted by molar-refractivity contribution is 7.99. The van der Waals surface area contributed by atoms with Crippen molar-refractivity contribution in [2.24, 2.45) is 17.8 Å². The smallest absolute Gasteiger partial charge is 0.350 e. The number of amides is 1. The predicted molar refractivity (Wildman–Crippen MR) is 87.7 cm³/mol. The van der Waals surface area contributed by atoms with Crippen LogP contribution >= 0.6 is 11.8 Å². The molecule has 0 bridgehead atoms. The van der Waals surface area contributed by atoms with Crippen LogP contribution in [-0.4, -0.2) is 30.3 Å². The summed E-state index contributed by atoms with van der Waals surface area (Å²) in [7, 11) is 0. The van der Waals surface area contributed by atoms with E-state index >= 15 is 0 Å². The topological polar surface area (TPSA) is 41.1 Å². The highest BCUT2D eigenvalue weighted by atomic mass is 32.2. The van der Waals surface area contributed by atoms with Crippen molar-refractivity contribution in [2.75, 3.05) is 18.8 Å². The lowest BCUT2D eigenvalue weighted by Gasteiger charge is -2.27. The Kier molecular flexibility index (Phi) is 4.59. The number of hydrogen-bond donors (Lipinski definition) is 2. The van der Waals surface area contributed by atoms with Gasteiger partial charge in [-0.1, -0.05) is 12.1 Å². The molecule has 132 valence electrons. The first kappa shape index (κ1) is 17.6. The Hall–Kier alpha value is -1.21. The van der Waals surface area contributed by atoms with E-state index in [-0.39, 0.29) is 16.7 Å². The van der Waals surface area contributed by atoms with Gasteiger partial charge in [0.1, 0.15) is 0 Å². The van der Waals surface area contributed by atoms with Gasteiger partial charge in [-0.15, -0.1) is 11.8 Å². The van der Waals surface area contributed by atoms with Crippen LogP contribution in [0.25, 0.3) is 0 Å². The van der Waals surface area contributed by atoms with Gasteiger partial charge in [-0.25, -0.2) is 0 Å². The lowest BCUT2D eigenvalue weighted by Crippen LogP contribution is -2.47. The number of piperidine rings is 1. The Balaban J connectivity index is 1.58. The first-order valence-corrected chi connectivity index (χ1v) is 8.99. The second-order valence-corrected chi connectivity index (χ2v) is 8.18. The Morgan fingerprint density at radius 3 is 2.50 bits per heavy atom. The number of rotatable bonds is 5. The zero-order valence-corrected chi connectivity index (χ0v) is 14.4. The van der Waals surface area contributed by atoms with Crippen molar-refractivity contribution in [1.82, 2.24) is 10.6 Å². The minimum Gasteiger partial charge on any atom is -0.350 e. The number of nitrogens with one attached hydrogen (secondary N) is 2. The van der Waals surface area contributed by atoms with Crippen molar-refractivity contribution < 1.29 is 18.0 Å². The molecule has 3 nitrogen and oxygen atoms in total. The Morgan fingerprint density at radius 1 is 1.25 bits per heavy atom. The SMILES string of the molecule is CC(C)(CSc1ccccc1C(F)(F)F)NC(=O)C1[C@H]2CNC[C@@H]12. The highest BCUT2D eigenvalue weighted by Gasteiger charge is 2.57. The summed E-state index contributed by atoms with van der Waals surface area (Å²) in [4.78, 5) is 12.5. The quantitative estimate of drug-likeness (QED) is 0.795. The van der Waals surface area contributed by atoms with Crippen LogP contribution in [0.15, 0.2) is 29.2 Å². The highest BCUT2D eigenvalue weighted by Crippen LogP contribution is 2.49. The Bertz CT molecular complexity index is 623. The lowest BCUT2D eigenvalue weighted by molar-refractivity contribution is -0.139. The van der Waals surface area contributed by atoms with E-state index in [9.17, 15) is 18.0 Å². The number of carbonyl (C=O) groups is 1. The van der Waals surface area contributed by atoms with E-state index in [1.165, 1.54) is 12.1 Å². The largest absolute Gasteiger partial charge is 0.417 e. The van der Waals surface area contributed by atoms with E-state index in [0.29, 0.717) is 17.6 Å². The number of carbonyl (C=O) groups excluding carboxylic acids is 1. The molecule has 2 aliphatic rings. The number of benzene rings is 1. The van der Waals surface area contributed by atoms with Gasteiger partial charge in [-0.2, -0.15) is 13.2 Å². The number of fused-ring (bicyclic) bond motifs is 1. The lowest BCUT2D eigenvalue weighted by atomic mass is 10.1. The van der Waals surface area contributed by atoms with Crippen molar-refractivity contribution in [3.8, 4) is 0 Å². The molecule has 1 heterocycles. The predicted octanol–water partition coefficient (Wildman–Crippen LogP) is 3.16. The standard InChI is InChI=1S/C17H21F3N2OS/c1-16(2,22-15(23)14-10-7-21-8-11(10)14)9-24-13-6-4-3-5-12(13)17(18,19)20/h3-6,10-11,14,21H,7-9H2,1-2H3,(H,22,23)/t10-,11+,14?. The molecule has 1 aliphatic heterocycles. The monoisotopic (exact) mass is 358 g/mol. The molecule has 2 fully saturated rings. The number of hydrogen-bond acceptors (Lipinski definition) is 3. The van der Waals surface area contributed by atoms with E-state index in [4.69, 9.17) is 0 Å². The number of alkyl halides is 3. The van der Waals surface area contributed by atoms with Crippen molar-refractivity contribution in [2.45, 2.75) is 30.5 Å². The van der Waals surface area contributed by atoms with Crippen LogP contribution < -0.4 is 10.6 Å². The second-order valence-electron chi connectivity index (χ2n) is 7.17. The average molecular weight is 358 g/mol. The summed E-state index contributed by atoms with van der Waals surface area (Å²) in [6, 6.07) is 5.55. The van der Waals surface area contributed by atoms with Crippen LogP contribution in [0.4, 0.5) is 13.2 Å². The summed E-state index contributed by atoms with van der Waals surface area (Å²) in [5.41, 5.74) is -1.19. The molecule has 1 unspecified atom stereocenters. The third kappa shape index (κ3) is 3.72. The summed E-state index contributed by atoms with van der Waals surface area (Å²) >= 11 is 1.13. The van der Waals surface area contributed by atoms with E-state index in [0.717, 1.165) is 30.9 Å². The molecule has 1 amide bonds. The van der Waals surface area contributed by atoms with Crippen molar-refractivity contribution in [1.29, 1.82) is 0 Å². The maximum atomic E-state index is 13.0. The molecule has 3 rings (SSSR count). The maximum absolute atomic E-state index is 13.0. The third-order valence-corrected chi connectivity index (χ3v) is 6.17. The van der Waals surface area contributed by atoms with Crippen LogP contribution in [0, 0.1) is 17.8 Å². The molecule has 1 saturated heterocycles. The molecule has 1 aliphatic carbocycles. The first-order chi connectivity index (χ1) is 11.2. The minimum atomic E-state index is -4.37. The molecule has 0 aromatic heterocycles. The van der Waals surface area contributed by atoms with Crippen LogP contribution in [0.3, 0.4) is 0 Å². The third-order valence-electron chi connectivity index (χ3n) is 4.64. The summed E-state index contributed by atoms with van der Waals surface area (Å²) in [6.07, 6.45) is -4.37. The normalized spacial score (nSPS) is 26.1. The van der Waals surface area contributed by atoms with E-state index in [1.807, 2.05) is 13.8 Å². The average Bonchev–Trinajstić information content (AvgIpc) is 2.98. The van der Waals surface area contributed by atoms with Crippen LogP contribution in [-0.2, 0) is 11.0 Å². The zero-order chi connectivity index (χ0) is 17.5. The molecule has 0 radical (unpaired) electrons. The van der Waals surface area contributed by atoms with Gasteiger partial charge in [0.15, 0.2) is 0 Å². The number of thioether (sulfide) groups is 1. The van der Waals surface area contributed by atoms with Gasteiger partial charge in [0.2, 0.25) is 5.91 Å². The van der Waals surface area contributed by atoms with Gasteiger partial charge in [-0.05, 0) is 50.9 Å². The van der Waals surface area contributed by atoms with Gasteiger partial charge in [0, 0.05) is 22.1 Å². The van der Waals surface area contributed by atoms with Gasteiger partial charge in [-0.3, -0.25) is 4.79 Å². The molecule has 1 saturated carbocycles. The molecule has 7 heteroatoms. The molecule has 3 atom stereocenters. The molecule has 0 spiro atoms. The van der Waals surface area contributed by atoms with E-state index in [2.05, 4.69) is 10.6 Å². The molecule has 1 aromatic rings. The molecule has 1 aromatic carbocycles. The van der Waals surface area contributed by atoms with Gasteiger partial charge in [0.25, 0.3) is 0 Å². The first-order valence-electron chi connectivity index (χ1n) is 8.01. The van der Waals surface area contributed by atoms with Crippen molar-refractivity contribution >= 4 is 17.7 Å². The fraction of sp³-hybridized carbons (Fsp3) is 0.588. The van der Waals surface area contributed by atoms with E-state index in [1.54, 1.807) is 6.07 Å². The second kappa shape index (κ2) is 6.26. The van der Waals surface area contributed by atoms with Crippen molar-refractivity contribution in [3.05, 3.63) is 29.8 Å². The van der Waals surface area contributed by atoms with Crippen LogP contribution in [0.5, 0.6) is 0 Å². The fourth-order valence-corrected chi connectivity index (χ4v) is 4.45. The maximum Gasteiger partial charge on any atom is 0.417 e. The minimum absolute atomic E-state index is 0.0289. The van der Waals surface area contributed by atoms with E-state index < -0.39 is 17.3 Å². The Morgan fingerprint density at radius 2 is 1.88 bits per heavy atom. The van der Waals surface area contributed by atoms with Gasteiger partial charge in [0.05, 0.1) is 5.56 Å². The molecular weight excluding hydrogens is 337 g/mol. The molecule has 24 heavy (non-hydrogen) atoms. The van der Waals surface area contributed by atoms with Gasteiger partial charge < -0.3 is 10.6 Å². The summed E-state index contributed by atoms with van der Waals surface area (Å²) < 4.78 is 39.1.